The van der Waals surface area contributed by atoms with Crippen LogP contribution in [0.2, 0.25) is 0 Å². The van der Waals surface area contributed by atoms with E-state index in [1.165, 1.54) is 0 Å². The number of carbonyl (C=O) groups excluding carboxylic acids is 1. The van der Waals surface area contributed by atoms with Gasteiger partial charge in [0.15, 0.2) is 0 Å². The highest BCUT2D eigenvalue weighted by Crippen LogP contribution is 2.19. The number of halogens is 1. The van der Waals surface area contributed by atoms with E-state index in [1.807, 2.05) is 42.5 Å². The van der Waals surface area contributed by atoms with Gasteiger partial charge in [-0.05, 0) is 35.0 Å². The van der Waals surface area contributed by atoms with E-state index in [-0.39, 0.29) is 18.4 Å². The molecule has 0 atom stereocenters. The van der Waals surface area contributed by atoms with E-state index < -0.39 is 0 Å². The summed E-state index contributed by atoms with van der Waals surface area (Å²) in [5, 5.41) is 7.76. The van der Waals surface area contributed by atoms with E-state index >= 15 is 0 Å². The van der Waals surface area contributed by atoms with Crippen molar-refractivity contribution in [3.63, 3.8) is 0 Å². The Labute approximate surface area is 128 Å². The predicted octanol–water partition coefficient (Wildman–Crippen LogP) is 4.30. The first-order valence-electron chi connectivity index (χ1n) is 6.28. The molecule has 1 aromatic heterocycles. The molecule has 3 aromatic rings. The Morgan fingerprint density at radius 3 is 2.38 bits per heavy atom. The maximum atomic E-state index is 11.9. The van der Waals surface area contributed by atoms with E-state index in [1.54, 1.807) is 24.5 Å². The van der Waals surface area contributed by atoms with Gasteiger partial charge >= 0.3 is 6.03 Å². The minimum atomic E-state index is -0.284. The second-order valence-electron chi connectivity index (χ2n) is 4.38. The molecule has 0 aliphatic carbocycles. The summed E-state index contributed by atoms with van der Waals surface area (Å²) in [6.45, 7) is 0. The average Bonchev–Trinajstić information content (AvgIpc) is 2.48. The highest BCUT2D eigenvalue weighted by atomic mass is 35.5. The molecule has 21 heavy (non-hydrogen) atoms. The largest absolute Gasteiger partial charge is 0.323 e. The lowest BCUT2D eigenvalue weighted by molar-refractivity contribution is 0.262. The van der Waals surface area contributed by atoms with Gasteiger partial charge in [0, 0.05) is 11.9 Å². The van der Waals surface area contributed by atoms with Gasteiger partial charge in [0.05, 0.1) is 11.9 Å². The number of carbonyl (C=O) groups is 1. The first kappa shape index (κ1) is 14.8. The molecule has 4 nitrogen and oxygen atoms in total. The number of anilines is 2. The van der Waals surface area contributed by atoms with Crippen molar-refractivity contribution >= 4 is 40.6 Å². The zero-order chi connectivity index (χ0) is 13.8. The van der Waals surface area contributed by atoms with Gasteiger partial charge in [-0.25, -0.2) is 4.79 Å². The van der Waals surface area contributed by atoms with Crippen LogP contribution in [0.4, 0.5) is 16.2 Å². The summed E-state index contributed by atoms with van der Waals surface area (Å²) in [5.41, 5.74) is 1.41. The molecule has 0 aliphatic rings. The lowest BCUT2D eigenvalue weighted by atomic mass is 10.1. The molecular formula is C16H14ClN3O. The number of fused-ring (bicyclic) bond motifs is 1. The van der Waals surface area contributed by atoms with E-state index in [9.17, 15) is 4.79 Å². The van der Waals surface area contributed by atoms with Crippen LogP contribution in [0.25, 0.3) is 10.8 Å². The standard InChI is InChI=1S/C16H13N3O.ClH/c20-16(19-15-6-3-9-17-11-15)18-14-8-7-12-4-1-2-5-13(12)10-14;/h1-11H,(H2,18,19,20);1H. The van der Waals surface area contributed by atoms with E-state index in [0.29, 0.717) is 5.69 Å². The van der Waals surface area contributed by atoms with Crippen molar-refractivity contribution in [2.45, 2.75) is 0 Å². The van der Waals surface area contributed by atoms with Gasteiger partial charge in [-0.15, -0.1) is 12.4 Å². The summed E-state index contributed by atoms with van der Waals surface area (Å²) in [4.78, 5) is 15.8. The number of hydrogen-bond donors (Lipinski definition) is 2. The molecule has 0 saturated heterocycles. The topological polar surface area (TPSA) is 54.0 Å². The number of nitrogens with zero attached hydrogens (tertiary/aromatic N) is 1. The number of hydrogen-bond acceptors (Lipinski definition) is 2. The molecule has 1 heterocycles. The maximum absolute atomic E-state index is 11.9. The van der Waals surface area contributed by atoms with Gasteiger partial charge in [-0.3, -0.25) is 4.98 Å². The molecule has 0 unspecified atom stereocenters. The molecule has 0 fully saturated rings. The normalized spacial score (nSPS) is 9.71. The molecule has 2 N–H and O–H groups in total. The van der Waals surface area contributed by atoms with E-state index in [4.69, 9.17) is 0 Å². The summed E-state index contributed by atoms with van der Waals surface area (Å²) in [6.07, 6.45) is 3.26. The fraction of sp³-hybridized carbons (Fsp3) is 0. The molecule has 3 rings (SSSR count). The molecule has 5 heteroatoms. The average molecular weight is 300 g/mol. The van der Waals surface area contributed by atoms with Gasteiger partial charge in [0.2, 0.25) is 0 Å². The number of nitrogens with one attached hydrogen (secondary N) is 2. The van der Waals surface area contributed by atoms with Crippen molar-refractivity contribution in [3.05, 3.63) is 67.0 Å². The highest BCUT2D eigenvalue weighted by molar-refractivity contribution is 6.01. The van der Waals surface area contributed by atoms with Gasteiger partial charge in [0.1, 0.15) is 0 Å². The van der Waals surface area contributed by atoms with Gasteiger partial charge in [-0.2, -0.15) is 0 Å². The first-order valence-corrected chi connectivity index (χ1v) is 6.28. The van der Waals surface area contributed by atoms with Crippen molar-refractivity contribution in [2.24, 2.45) is 0 Å². The third kappa shape index (κ3) is 3.70. The van der Waals surface area contributed by atoms with Gasteiger partial charge < -0.3 is 10.6 Å². The van der Waals surface area contributed by atoms with Crippen LogP contribution in [-0.4, -0.2) is 11.0 Å². The number of pyridine rings is 1. The van der Waals surface area contributed by atoms with Crippen LogP contribution in [0, 0.1) is 0 Å². The summed E-state index contributed by atoms with van der Waals surface area (Å²) >= 11 is 0. The Morgan fingerprint density at radius 2 is 1.62 bits per heavy atom. The molecule has 0 radical (unpaired) electrons. The van der Waals surface area contributed by atoms with Crippen molar-refractivity contribution in [1.82, 2.24) is 4.98 Å². The Hall–Kier alpha value is -2.59. The van der Waals surface area contributed by atoms with Crippen LogP contribution in [-0.2, 0) is 0 Å². The van der Waals surface area contributed by atoms with Gasteiger partial charge in [-0.1, -0.05) is 30.3 Å². The second-order valence-corrected chi connectivity index (χ2v) is 4.38. The van der Waals surface area contributed by atoms with Crippen molar-refractivity contribution in [1.29, 1.82) is 0 Å². The molecule has 0 spiro atoms. The number of benzene rings is 2. The lowest BCUT2D eigenvalue weighted by Gasteiger charge is -2.08. The third-order valence-corrected chi connectivity index (χ3v) is 2.93. The van der Waals surface area contributed by atoms with E-state index in [0.717, 1.165) is 16.5 Å². The Bertz CT molecular complexity index is 747. The molecule has 2 aromatic carbocycles. The minimum Gasteiger partial charge on any atom is -0.308 e. The predicted molar refractivity (Wildman–Crippen MR) is 88.1 cm³/mol. The third-order valence-electron chi connectivity index (χ3n) is 2.93. The van der Waals surface area contributed by atoms with E-state index in [2.05, 4.69) is 15.6 Å². The van der Waals surface area contributed by atoms with Crippen LogP contribution in [0.5, 0.6) is 0 Å². The van der Waals surface area contributed by atoms with Crippen molar-refractivity contribution in [3.8, 4) is 0 Å². The lowest BCUT2D eigenvalue weighted by Crippen LogP contribution is -2.19. The Balaban J connectivity index is 0.00000161. The number of aromatic nitrogens is 1. The fourth-order valence-corrected chi connectivity index (χ4v) is 2.00. The summed E-state index contributed by atoms with van der Waals surface area (Å²) in [7, 11) is 0. The van der Waals surface area contributed by atoms with Crippen LogP contribution in [0.1, 0.15) is 0 Å². The molecule has 0 bridgehead atoms. The molecule has 0 saturated carbocycles. The minimum absolute atomic E-state index is 0. The zero-order valence-corrected chi connectivity index (χ0v) is 11.9. The number of amides is 2. The van der Waals surface area contributed by atoms with Crippen molar-refractivity contribution in [2.75, 3.05) is 10.6 Å². The fourth-order valence-electron chi connectivity index (χ4n) is 2.00. The number of rotatable bonds is 2. The van der Waals surface area contributed by atoms with Crippen LogP contribution < -0.4 is 10.6 Å². The van der Waals surface area contributed by atoms with Crippen molar-refractivity contribution < 1.29 is 4.79 Å². The quantitative estimate of drug-likeness (QED) is 0.741. The van der Waals surface area contributed by atoms with Gasteiger partial charge in [0.25, 0.3) is 0 Å². The smallest absolute Gasteiger partial charge is 0.308 e. The summed E-state index contributed by atoms with van der Waals surface area (Å²) in [6, 6.07) is 17.1. The zero-order valence-electron chi connectivity index (χ0n) is 11.1. The molecule has 106 valence electrons. The Morgan fingerprint density at radius 1 is 0.857 bits per heavy atom. The highest BCUT2D eigenvalue weighted by Gasteiger charge is 2.03. The molecule has 2 amide bonds. The first-order chi connectivity index (χ1) is 9.81. The molecule has 0 aliphatic heterocycles. The maximum Gasteiger partial charge on any atom is 0.323 e. The van der Waals surface area contributed by atoms with Crippen LogP contribution in [0.3, 0.4) is 0 Å². The second kappa shape index (κ2) is 6.72. The number of urea groups is 1. The monoisotopic (exact) mass is 299 g/mol. The summed E-state index contributed by atoms with van der Waals surface area (Å²) < 4.78 is 0. The summed E-state index contributed by atoms with van der Waals surface area (Å²) in [5.74, 6) is 0. The van der Waals surface area contributed by atoms with Crippen LogP contribution in [0.15, 0.2) is 67.0 Å². The molecular weight excluding hydrogens is 286 g/mol. The van der Waals surface area contributed by atoms with Crippen LogP contribution >= 0.6 is 12.4 Å². The Kier molecular flexibility index (Phi) is 4.74. The SMILES string of the molecule is Cl.O=C(Nc1cccnc1)Nc1ccc2ccccc2c1.